The molecular formula is C19H19N3O4. The number of hydrogen-bond acceptors (Lipinski definition) is 5. The third kappa shape index (κ3) is 2.81. The Morgan fingerprint density at radius 3 is 2.85 bits per heavy atom. The first kappa shape index (κ1) is 16.3. The Bertz CT molecular complexity index is 930. The molecule has 0 bridgehead atoms. The number of amides is 1. The van der Waals surface area contributed by atoms with Crippen LogP contribution in [0.3, 0.4) is 0 Å². The van der Waals surface area contributed by atoms with Gasteiger partial charge in [-0.3, -0.25) is 4.79 Å². The Kier molecular flexibility index (Phi) is 4.12. The van der Waals surface area contributed by atoms with Crippen molar-refractivity contribution in [3.63, 3.8) is 0 Å². The van der Waals surface area contributed by atoms with Gasteiger partial charge in [-0.25, -0.2) is 4.68 Å². The minimum Gasteiger partial charge on any atom is -0.493 e. The lowest BCUT2D eigenvalue weighted by atomic mass is 9.87. The molecule has 1 atom stereocenters. The third-order valence-corrected chi connectivity index (χ3v) is 4.59. The van der Waals surface area contributed by atoms with E-state index in [1.54, 1.807) is 31.4 Å². The summed E-state index contributed by atoms with van der Waals surface area (Å²) in [5.74, 6) is 2.64. The van der Waals surface area contributed by atoms with Gasteiger partial charge in [0.25, 0.3) is 0 Å². The van der Waals surface area contributed by atoms with Gasteiger partial charge >= 0.3 is 0 Å². The van der Waals surface area contributed by atoms with E-state index in [2.05, 4.69) is 10.4 Å². The Balaban J connectivity index is 1.72. The van der Waals surface area contributed by atoms with Crippen LogP contribution < -0.4 is 14.8 Å². The van der Waals surface area contributed by atoms with Crippen molar-refractivity contribution >= 4 is 11.7 Å². The van der Waals surface area contributed by atoms with Crippen molar-refractivity contribution < 1.29 is 18.7 Å². The van der Waals surface area contributed by atoms with E-state index in [0.717, 1.165) is 16.9 Å². The quantitative estimate of drug-likeness (QED) is 0.763. The standard InChI is InChI=1S/C19H19N3O4/c1-24-16-6-5-12(8-17(16)25-2)14-9-18(23)21-19-15(14)10-20-22(19)11-13-4-3-7-26-13/h3-8,10,14H,9,11H2,1-2H3,(H,21,23)/t14-/m0/s1. The topological polar surface area (TPSA) is 78.5 Å². The number of fused-ring (bicyclic) bond motifs is 1. The fourth-order valence-electron chi connectivity index (χ4n) is 3.31. The van der Waals surface area contributed by atoms with Crippen molar-refractivity contribution in [3.8, 4) is 11.5 Å². The summed E-state index contributed by atoms with van der Waals surface area (Å²) >= 11 is 0. The van der Waals surface area contributed by atoms with Crippen LogP contribution >= 0.6 is 0 Å². The average Bonchev–Trinajstić information content (AvgIpc) is 3.31. The molecule has 1 aliphatic heterocycles. The van der Waals surface area contributed by atoms with Crippen molar-refractivity contribution in [1.82, 2.24) is 9.78 Å². The van der Waals surface area contributed by atoms with Crippen molar-refractivity contribution in [2.75, 3.05) is 19.5 Å². The van der Waals surface area contributed by atoms with Gasteiger partial charge in [0.2, 0.25) is 5.91 Å². The smallest absolute Gasteiger partial charge is 0.226 e. The van der Waals surface area contributed by atoms with E-state index in [1.807, 2.05) is 30.3 Å². The first-order valence-electron chi connectivity index (χ1n) is 8.29. The molecule has 0 radical (unpaired) electrons. The molecule has 0 saturated heterocycles. The molecule has 7 heteroatoms. The fourth-order valence-corrected chi connectivity index (χ4v) is 3.31. The van der Waals surface area contributed by atoms with Crippen LogP contribution in [0.1, 0.15) is 29.2 Å². The summed E-state index contributed by atoms with van der Waals surface area (Å²) in [5, 5.41) is 7.38. The number of benzene rings is 1. The molecule has 3 heterocycles. The molecule has 7 nitrogen and oxygen atoms in total. The highest BCUT2D eigenvalue weighted by Gasteiger charge is 2.30. The summed E-state index contributed by atoms with van der Waals surface area (Å²) in [5.41, 5.74) is 1.96. The van der Waals surface area contributed by atoms with Crippen molar-refractivity contribution in [1.29, 1.82) is 0 Å². The van der Waals surface area contributed by atoms with Gasteiger partial charge in [0.05, 0.1) is 26.7 Å². The summed E-state index contributed by atoms with van der Waals surface area (Å²) in [6.45, 7) is 0.460. The van der Waals surface area contributed by atoms with E-state index in [-0.39, 0.29) is 11.8 Å². The summed E-state index contributed by atoms with van der Waals surface area (Å²) in [7, 11) is 3.20. The van der Waals surface area contributed by atoms with Crippen molar-refractivity contribution in [3.05, 3.63) is 59.7 Å². The predicted molar refractivity (Wildman–Crippen MR) is 94.7 cm³/mol. The fraction of sp³-hybridized carbons (Fsp3) is 0.263. The number of methoxy groups -OCH3 is 2. The zero-order valence-corrected chi connectivity index (χ0v) is 14.6. The highest BCUT2D eigenvalue weighted by molar-refractivity contribution is 5.94. The highest BCUT2D eigenvalue weighted by Crippen LogP contribution is 2.40. The first-order valence-corrected chi connectivity index (χ1v) is 8.29. The molecule has 2 aromatic heterocycles. The second-order valence-corrected chi connectivity index (χ2v) is 6.10. The Hall–Kier alpha value is -3.22. The predicted octanol–water partition coefficient (Wildman–Crippen LogP) is 3.02. The van der Waals surface area contributed by atoms with Gasteiger partial charge in [0.1, 0.15) is 18.1 Å². The molecule has 1 aromatic carbocycles. The SMILES string of the molecule is COc1ccc([C@@H]2CC(=O)Nc3c2cnn3Cc2ccco2)cc1OC. The molecule has 0 spiro atoms. The monoisotopic (exact) mass is 353 g/mol. The number of rotatable bonds is 5. The molecule has 0 saturated carbocycles. The molecule has 3 aromatic rings. The number of ether oxygens (including phenoxy) is 2. The molecule has 4 rings (SSSR count). The molecule has 1 amide bonds. The van der Waals surface area contributed by atoms with E-state index < -0.39 is 0 Å². The van der Waals surface area contributed by atoms with Crippen LogP contribution in [0, 0.1) is 0 Å². The third-order valence-electron chi connectivity index (χ3n) is 4.59. The second kappa shape index (κ2) is 6.59. The zero-order valence-electron chi connectivity index (χ0n) is 14.6. The summed E-state index contributed by atoms with van der Waals surface area (Å²) in [6, 6.07) is 9.43. The van der Waals surface area contributed by atoms with E-state index in [4.69, 9.17) is 13.9 Å². The molecule has 1 N–H and O–H groups in total. The number of aromatic nitrogens is 2. The van der Waals surface area contributed by atoms with E-state index >= 15 is 0 Å². The lowest BCUT2D eigenvalue weighted by molar-refractivity contribution is -0.116. The summed E-state index contributed by atoms with van der Waals surface area (Å²) < 4.78 is 17.8. The van der Waals surface area contributed by atoms with Gasteiger partial charge in [0, 0.05) is 17.9 Å². The number of hydrogen-bond donors (Lipinski definition) is 1. The van der Waals surface area contributed by atoms with Crippen LogP contribution in [0.25, 0.3) is 0 Å². The van der Waals surface area contributed by atoms with Crippen LogP contribution in [0.5, 0.6) is 11.5 Å². The van der Waals surface area contributed by atoms with Crippen molar-refractivity contribution in [2.45, 2.75) is 18.9 Å². The number of carbonyl (C=O) groups excluding carboxylic acids is 1. The largest absolute Gasteiger partial charge is 0.493 e. The molecule has 0 fully saturated rings. The normalized spacial score (nSPS) is 16.1. The molecular weight excluding hydrogens is 334 g/mol. The van der Waals surface area contributed by atoms with Gasteiger partial charge in [-0.15, -0.1) is 0 Å². The first-order chi connectivity index (χ1) is 12.7. The Morgan fingerprint density at radius 2 is 2.12 bits per heavy atom. The van der Waals surface area contributed by atoms with Crippen molar-refractivity contribution in [2.24, 2.45) is 0 Å². The number of anilines is 1. The molecule has 26 heavy (non-hydrogen) atoms. The maximum absolute atomic E-state index is 12.3. The van der Waals surface area contributed by atoms with Crippen LogP contribution in [-0.4, -0.2) is 29.9 Å². The van der Waals surface area contributed by atoms with Crippen LogP contribution in [0.15, 0.2) is 47.2 Å². The summed E-state index contributed by atoms with van der Waals surface area (Å²) in [6.07, 6.45) is 3.78. The van der Waals surface area contributed by atoms with E-state index in [0.29, 0.717) is 30.3 Å². The van der Waals surface area contributed by atoms with Gasteiger partial charge < -0.3 is 19.2 Å². The number of nitrogens with zero attached hydrogens (tertiary/aromatic N) is 2. The number of carbonyl (C=O) groups is 1. The van der Waals surface area contributed by atoms with E-state index in [1.165, 1.54) is 0 Å². The molecule has 134 valence electrons. The van der Waals surface area contributed by atoms with Crippen LogP contribution in [-0.2, 0) is 11.3 Å². The number of nitrogens with one attached hydrogen (secondary N) is 1. The minimum atomic E-state index is -0.0936. The zero-order chi connectivity index (χ0) is 18.1. The molecule has 0 unspecified atom stereocenters. The lowest BCUT2D eigenvalue weighted by Crippen LogP contribution is -2.25. The van der Waals surface area contributed by atoms with Gasteiger partial charge in [-0.1, -0.05) is 6.07 Å². The minimum absolute atomic E-state index is 0.0431. The number of furan rings is 1. The van der Waals surface area contributed by atoms with Crippen LogP contribution in [0.4, 0.5) is 5.82 Å². The molecule has 1 aliphatic rings. The lowest BCUT2D eigenvalue weighted by Gasteiger charge is -2.24. The van der Waals surface area contributed by atoms with Gasteiger partial charge in [0.15, 0.2) is 11.5 Å². The average molecular weight is 353 g/mol. The highest BCUT2D eigenvalue weighted by atomic mass is 16.5. The summed E-state index contributed by atoms with van der Waals surface area (Å²) in [4.78, 5) is 12.3. The maximum atomic E-state index is 12.3. The van der Waals surface area contributed by atoms with Gasteiger partial charge in [-0.05, 0) is 29.8 Å². The van der Waals surface area contributed by atoms with Crippen LogP contribution in [0.2, 0.25) is 0 Å². The molecule has 0 aliphatic carbocycles. The Morgan fingerprint density at radius 1 is 1.27 bits per heavy atom. The van der Waals surface area contributed by atoms with Gasteiger partial charge in [-0.2, -0.15) is 5.10 Å². The maximum Gasteiger partial charge on any atom is 0.226 e. The van der Waals surface area contributed by atoms with E-state index in [9.17, 15) is 4.79 Å². The second-order valence-electron chi connectivity index (χ2n) is 6.10. The Labute approximate surface area is 150 Å².